The van der Waals surface area contributed by atoms with Crippen molar-refractivity contribution in [1.29, 1.82) is 0 Å². The van der Waals surface area contributed by atoms with Gasteiger partial charge in [-0.2, -0.15) is 5.10 Å². The average molecular weight is 252 g/mol. The molecule has 7 heteroatoms. The Bertz CT molecular complexity index is 414. The van der Waals surface area contributed by atoms with Gasteiger partial charge in [0.1, 0.15) is 12.7 Å². The summed E-state index contributed by atoms with van der Waals surface area (Å²) in [5.74, 6) is -0.677. The third kappa shape index (κ3) is 3.83. The van der Waals surface area contributed by atoms with E-state index in [2.05, 4.69) is 15.4 Å². The first-order valence-electron chi connectivity index (χ1n) is 5.98. The van der Waals surface area contributed by atoms with E-state index in [1.165, 1.54) is 6.33 Å². The highest BCUT2D eigenvalue weighted by Crippen LogP contribution is 2.34. The zero-order valence-electron chi connectivity index (χ0n) is 9.95. The average Bonchev–Trinajstić information content (AvgIpc) is 3.02. The van der Waals surface area contributed by atoms with Gasteiger partial charge in [-0.1, -0.05) is 0 Å². The third-order valence-electron chi connectivity index (χ3n) is 2.97. The summed E-state index contributed by atoms with van der Waals surface area (Å²) in [7, 11) is 0. The van der Waals surface area contributed by atoms with Crippen molar-refractivity contribution in [2.45, 2.75) is 38.3 Å². The molecule has 18 heavy (non-hydrogen) atoms. The molecule has 0 bridgehead atoms. The van der Waals surface area contributed by atoms with Crippen LogP contribution in [0.15, 0.2) is 12.7 Å². The fraction of sp³-hybridized carbons (Fsp3) is 0.636. The fourth-order valence-corrected chi connectivity index (χ4v) is 1.87. The lowest BCUT2D eigenvalue weighted by atomic mass is 10.1. The van der Waals surface area contributed by atoms with Gasteiger partial charge in [0.05, 0.1) is 13.0 Å². The van der Waals surface area contributed by atoms with Gasteiger partial charge in [-0.15, -0.1) is 0 Å². The second-order valence-electron chi connectivity index (χ2n) is 4.52. The molecular weight excluding hydrogens is 236 g/mol. The first-order chi connectivity index (χ1) is 8.65. The number of rotatable bonds is 7. The van der Waals surface area contributed by atoms with Crippen LogP contribution in [0, 0.1) is 5.92 Å². The van der Waals surface area contributed by atoms with Crippen LogP contribution in [0.4, 0.5) is 0 Å². The van der Waals surface area contributed by atoms with E-state index in [1.807, 2.05) is 0 Å². The van der Waals surface area contributed by atoms with Gasteiger partial charge in [-0.25, -0.2) is 4.98 Å². The minimum atomic E-state index is -0.872. The first kappa shape index (κ1) is 12.5. The lowest BCUT2D eigenvalue weighted by Gasteiger charge is -2.16. The number of carboxylic acid groups (broad SMARTS) is 1. The van der Waals surface area contributed by atoms with Crippen molar-refractivity contribution in [2.75, 3.05) is 0 Å². The van der Waals surface area contributed by atoms with Gasteiger partial charge >= 0.3 is 5.97 Å². The number of carbonyl (C=O) groups is 2. The van der Waals surface area contributed by atoms with Crippen LogP contribution in [0.2, 0.25) is 0 Å². The highest BCUT2D eigenvalue weighted by atomic mass is 16.4. The summed E-state index contributed by atoms with van der Waals surface area (Å²) in [5, 5.41) is 15.5. The molecule has 1 amide bonds. The molecule has 1 atom stereocenters. The quantitative estimate of drug-likeness (QED) is 0.714. The number of hydrogen-bond donors (Lipinski definition) is 2. The predicted octanol–water partition coefficient (Wildman–Crippen LogP) is 0.0377. The Kier molecular flexibility index (Phi) is 3.91. The molecule has 1 aromatic rings. The zero-order valence-corrected chi connectivity index (χ0v) is 9.95. The van der Waals surface area contributed by atoms with E-state index >= 15 is 0 Å². The number of nitrogens with zero attached hydrogens (tertiary/aromatic N) is 3. The Morgan fingerprint density at radius 3 is 2.83 bits per heavy atom. The second kappa shape index (κ2) is 5.61. The summed E-state index contributed by atoms with van der Waals surface area (Å²) >= 11 is 0. The van der Waals surface area contributed by atoms with Crippen LogP contribution >= 0.6 is 0 Å². The molecule has 1 aliphatic carbocycles. The highest BCUT2D eigenvalue weighted by Gasteiger charge is 2.33. The molecule has 1 saturated carbocycles. The molecule has 0 radical (unpaired) electrons. The molecular formula is C11H16N4O3. The molecule has 2 N–H and O–H groups in total. The number of hydrogen-bond acceptors (Lipinski definition) is 4. The Balaban J connectivity index is 1.76. The maximum Gasteiger partial charge on any atom is 0.305 e. The van der Waals surface area contributed by atoms with E-state index in [1.54, 1.807) is 11.0 Å². The standard InChI is InChI=1S/C11H16N4O3/c16-10(3-4-15-7-12-6-13-15)14-9(5-11(17)18)8-1-2-8/h6-9H,1-5H2,(H,14,16)(H,17,18). The van der Waals surface area contributed by atoms with E-state index in [-0.39, 0.29) is 24.8 Å². The van der Waals surface area contributed by atoms with Gasteiger partial charge in [-0.3, -0.25) is 14.3 Å². The maximum atomic E-state index is 11.7. The van der Waals surface area contributed by atoms with Crippen molar-refractivity contribution in [3.63, 3.8) is 0 Å². The van der Waals surface area contributed by atoms with Crippen LogP contribution in [0.5, 0.6) is 0 Å². The fourth-order valence-electron chi connectivity index (χ4n) is 1.87. The number of aromatic nitrogens is 3. The smallest absolute Gasteiger partial charge is 0.305 e. The van der Waals surface area contributed by atoms with Gasteiger partial charge in [0.25, 0.3) is 0 Å². The molecule has 1 unspecified atom stereocenters. The summed E-state index contributed by atoms with van der Waals surface area (Å²) in [6.07, 6.45) is 5.24. The summed E-state index contributed by atoms with van der Waals surface area (Å²) < 4.78 is 1.57. The molecule has 1 heterocycles. The molecule has 0 saturated heterocycles. The van der Waals surface area contributed by atoms with Crippen molar-refractivity contribution >= 4 is 11.9 Å². The largest absolute Gasteiger partial charge is 0.481 e. The summed E-state index contributed by atoms with van der Waals surface area (Å²) in [6, 6.07) is -0.231. The number of amides is 1. The monoisotopic (exact) mass is 252 g/mol. The van der Waals surface area contributed by atoms with Crippen molar-refractivity contribution in [1.82, 2.24) is 20.1 Å². The van der Waals surface area contributed by atoms with Crippen molar-refractivity contribution < 1.29 is 14.7 Å². The van der Waals surface area contributed by atoms with E-state index in [0.29, 0.717) is 12.5 Å². The van der Waals surface area contributed by atoms with Crippen LogP contribution in [0.3, 0.4) is 0 Å². The van der Waals surface area contributed by atoms with Crippen molar-refractivity contribution in [3.8, 4) is 0 Å². The molecule has 0 aromatic carbocycles. The lowest BCUT2D eigenvalue weighted by molar-refractivity contribution is -0.137. The van der Waals surface area contributed by atoms with Crippen LogP contribution in [0.25, 0.3) is 0 Å². The minimum absolute atomic E-state index is 0.000266. The summed E-state index contributed by atoms with van der Waals surface area (Å²) in [5.41, 5.74) is 0. The molecule has 98 valence electrons. The van der Waals surface area contributed by atoms with Crippen LogP contribution < -0.4 is 5.32 Å². The number of carboxylic acids is 1. The summed E-state index contributed by atoms with van der Waals surface area (Å²) in [6.45, 7) is 0.455. The maximum absolute atomic E-state index is 11.7. The highest BCUT2D eigenvalue weighted by molar-refractivity contribution is 5.77. The Morgan fingerprint density at radius 1 is 1.50 bits per heavy atom. The number of carbonyl (C=O) groups excluding carboxylic acids is 1. The molecule has 1 aliphatic rings. The number of aliphatic carboxylic acids is 1. The molecule has 1 fully saturated rings. The Hall–Kier alpha value is -1.92. The number of aryl methyl sites for hydroxylation is 1. The lowest BCUT2D eigenvalue weighted by Crippen LogP contribution is -2.38. The van der Waals surface area contributed by atoms with Crippen molar-refractivity contribution in [2.24, 2.45) is 5.92 Å². The molecule has 1 aromatic heterocycles. The van der Waals surface area contributed by atoms with Gasteiger partial charge in [-0.05, 0) is 18.8 Å². The first-order valence-corrected chi connectivity index (χ1v) is 5.98. The van der Waals surface area contributed by atoms with Gasteiger partial charge in [0.2, 0.25) is 5.91 Å². The van der Waals surface area contributed by atoms with Gasteiger partial charge in [0, 0.05) is 12.5 Å². The van der Waals surface area contributed by atoms with Crippen LogP contribution in [-0.4, -0.2) is 37.8 Å². The molecule has 7 nitrogen and oxygen atoms in total. The van der Waals surface area contributed by atoms with Gasteiger partial charge < -0.3 is 10.4 Å². The van der Waals surface area contributed by atoms with Crippen LogP contribution in [0.1, 0.15) is 25.7 Å². The third-order valence-corrected chi connectivity index (χ3v) is 2.97. The van der Waals surface area contributed by atoms with E-state index < -0.39 is 5.97 Å². The molecule has 0 aliphatic heterocycles. The van der Waals surface area contributed by atoms with Crippen LogP contribution in [-0.2, 0) is 16.1 Å². The Labute approximate surface area is 104 Å². The minimum Gasteiger partial charge on any atom is -0.481 e. The number of nitrogens with one attached hydrogen (secondary N) is 1. The van der Waals surface area contributed by atoms with Gasteiger partial charge in [0.15, 0.2) is 0 Å². The Morgan fingerprint density at radius 2 is 2.28 bits per heavy atom. The van der Waals surface area contributed by atoms with Crippen molar-refractivity contribution in [3.05, 3.63) is 12.7 Å². The van der Waals surface area contributed by atoms with E-state index in [9.17, 15) is 9.59 Å². The SMILES string of the molecule is O=C(O)CC(NC(=O)CCn1cncn1)C1CC1. The normalized spacial score (nSPS) is 16.2. The zero-order chi connectivity index (χ0) is 13.0. The molecule has 2 rings (SSSR count). The predicted molar refractivity (Wildman–Crippen MR) is 61.5 cm³/mol. The second-order valence-corrected chi connectivity index (χ2v) is 4.52. The van der Waals surface area contributed by atoms with E-state index in [4.69, 9.17) is 5.11 Å². The molecule has 0 spiro atoms. The summed E-state index contributed by atoms with van der Waals surface area (Å²) in [4.78, 5) is 26.2. The van der Waals surface area contributed by atoms with E-state index in [0.717, 1.165) is 12.8 Å². The topological polar surface area (TPSA) is 97.1 Å².